The summed E-state index contributed by atoms with van der Waals surface area (Å²) in [6, 6.07) is 4.73. The van der Waals surface area contributed by atoms with Crippen LogP contribution in [0.4, 0.5) is 5.82 Å². The van der Waals surface area contributed by atoms with Crippen LogP contribution in [0.5, 0.6) is 0 Å². The maximum absolute atomic E-state index is 6.24. The monoisotopic (exact) mass is 279 g/mol. The summed E-state index contributed by atoms with van der Waals surface area (Å²) in [5.41, 5.74) is 0.985. The molecular formula is C15H22ClN3. The molecule has 3 nitrogen and oxygen atoms in total. The van der Waals surface area contributed by atoms with Crippen LogP contribution in [0.25, 0.3) is 0 Å². The van der Waals surface area contributed by atoms with Crippen LogP contribution >= 0.6 is 11.6 Å². The van der Waals surface area contributed by atoms with Gasteiger partial charge in [-0.3, -0.25) is 0 Å². The van der Waals surface area contributed by atoms with Crippen LogP contribution in [0, 0.1) is 11.8 Å². The maximum atomic E-state index is 6.24. The zero-order valence-corrected chi connectivity index (χ0v) is 12.5. The number of halogens is 1. The van der Waals surface area contributed by atoms with Gasteiger partial charge in [0.25, 0.3) is 0 Å². The van der Waals surface area contributed by atoms with E-state index in [-0.39, 0.29) is 0 Å². The fraction of sp³-hybridized carbons (Fsp3) is 0.667. The second-order valence-corrected chi connectivity index (χ2v) is 6.52. The topological polar surface area (TPSA) is 28.2 Å². The normalized spacial score (nSPS) is 27.0. The smallest absolute Gasteiger partial charge is 0.128 e. The van der Waals surface area contributed by atoms with Crippen molar-refractivity contribution in [2.75, 3.05) is 18.0 Å². The van der Waals surface area contributed by atoms with Gasteiger partial charge in [0.1, 0.15) is 5.82 Å². The van der Waals surface area contributed by atoms with E-state index in [2.05, 4.69) is 24.1 Å². The molecule has 0 spiro atoms. The summed E-state index contributed by atoms with van der Waals surface area (Å²) in [5.74, 6) is 2.56. The highest BCUT2D eigenvalue weighted by atomic mass is 35.5. The molecular weight excluding hydrogens is 258 g/mol. The molecule has 2 atom stereocenters. The first-order valence-corrected chi connectivity index (χ1v) is 7.65. The molecule has 1 aliphatic carbocycles. The lowest BCUT2D eigenvalue weighted by atomic mass is 10.0. The largest absolute Gasteiger partial charge is 0.356 e. The zero-order valence-electron chi connectivity index (χ0n) is 11.7. The van der Waals surface area contributed by atoms with Crippen LogP contribution in [-0.4, -0.2) is 24.1 Å². The van der Waals surface area contributed by atoms with Gasteiger partial charge in [-0.25, -0.2) is 4.98 Å². The fourth-order valence-electron chi connectivity index (χ4n) is 2.62. The van der Waals surface area contributed by atoms with E-state index in [1.807, 2.05) is 12.1 Å². The van der Waals surface area contributed by atoms with Crippen LogP contribution < -0.4 is 10.2 Å². The first-order chi connectivity index (χ1) is 9.13. The van der Waals surface area contributed by atoms with Gasteiger partial charge in [0.2, 0.25) is 0 Å². The summed E-state index contributed by atoms with van der Waals surface area (Å²) >= 11 is 6.24. The highest BCUT2D eigenvalue weighted by molar-refractivity contribution is 6.31. The number of aromatic nitrogens is 1. The Labute approximate surface area is 120 Å². The maximum Gasteiger partial charge on any atom is 0.128 e. The Bertz CT molecular complexity index is 449. The van der Waals surface area contributed by atoms with Gasteiger partial charge in [-0.2, -0.15) is 0 Å². The Balaban J connectivity index is 1.72. The number of nitrogens with zero attached hydrogens (tertiary/aromatic N) is 2. The average Bonchev–Trinajstić information content (AvgIpc) is 3.15. The highest BCUT2D eigenvalue weighted by Gasteiger charge is 2.27. The molecule has 3 rings (SSSR count). The third-order valence-electron chi connectivity index (χ3n) is 4.35. The van der Waals surface area contributed by atoms with Gasteiger partial charge in [-0.15, -0.1) is 0 Å². The summed E-state index contributed by atoms with van der Waals surface area (Å²) in [6.45, 7) is 7.62. The Morgan fingerprint density at radius 1 is 1.26 bits per heavy atom. The van der Waals surface area contributed by atoms with E-state index in [9.17, 15) is 0 Å². The molecule has 0 amide bonds. The van der Waals surface area contributed by atoms with Crippen LogP contribution in [0.3, 0.4) is 0 Å². The lowest BCUT2D eigenvalue weighted by Gasteiger charge is -2.18. The summed E-state index contributed by atoms with van der Waals surface area (Å²) in [7, 11) is 0. The van der Waals surface area contributed by atoms with Crippen molar-refractivity contribution >= 4 is 17.4 Å². The second-order valence-electron chi connectivity index (χ2n) is 6.11. The molecule has 1 N–H and O–H groups in total. The summed E-state index contributed by atoms with van der Waals surface area (Å²) in [6.07, 6.45) is 2.58. The molecule has 1 saturated carbocycles. The van der Waals surface area contributed by atoms with Crippen molar-refractivity contribution < 1.29 is 0 Å². The Morgan fingerprint density at radius 3 is 2.58 bits per heavy atom. The Morgan fingerprint density at radius 2 is 1.95 bits per heavy atom. The van der Waals surface area contributed by atoms with Crippen molar-refractivity contribution in [2.24, 2.45) is 11.8 Å². The van der Waals surface area contributed by atoms with Crippen LogP contribution in [0.15, 0.2) is 12.1 Å². The molecule has 1 saturated heterocycles. The van der Waals surface area contributed by atoms with E-state index in [1.54, 1.807) is 0 Å². The zero-order chi connectivity index (χ0) is 13.4. The predicted molar refractivity (Wildman–Crippen MR) is 79.6 cm³/mol. The molecule has 19 heavy (non-hydrogen) atoms. The number of hydrogen-bond acceptors (Lipinski definition) is 3. The average molecular weight is 280 g/mol. The number of nitrogens with one attached hydrogen (secondary N) is 1. The lowest BCUT2D eigenvalue weighted by molar-refractivity contribution is 0.494. The van der Waals surface area contributed by atoms with Crippen molar-refractivity contribution in [3.8, 4) is 0 Å². The van der Waals surface area contributed by atoms with Crippen LogP contribution in [-0.2, 0) is 6.54 Å². The first kappa shape index (κ1) is 13.2. The number of rotatable bonds is 4. The third-order valence-corrected chi connectivity index (χ3v) is 4.70. The van der Waals surface area contributed by atoms with Gasteiger partial charge in [-0.05, 0) is 36.8 Å². The van der Waals surface area contributed by atoms with Crippen molar-refractivity contribution in [2.45, 2.75) is 39.3 Å². The first-order valence-electron chi connectivity index (χ1n) is 7.27. The molecule has 104 valence electrons. The molecule has 0 radical (unpaired) electrons. The van der Waals surface area contributed by atoms with Crippen molar-refractivity contribution in [1.82, 2.24) is 10.3 Å². The van der Waals surface area contributed by atoms with E-state index in [4.69, 9.17) is 16.6 Å². The second kappa shape index (κ2) is 5.29. The molecule has 1 aliphatic heterocycles. The molecule has 0 aromatic carbocycles. The molecule has 2 aliphatic rings. The SMILES string of the molecule is CC1CN(c2ccc(Cl)c(CNC3CC3)n2)CC1C. The molecule has 2 fully saturated rings. The lowest BCUT2D eigenvalue weighted by Crippen LogP contribution is -2.22. The fourth-order valence-corrected chi connectivity index (χ4v) is 2.79. The number of hydrogen-bond donors (Lipinski definition) is 1. The standard InChI is InChI=1S/C15H22ClN3/c1-10-8-19(9-11(10)2)15-6-5-13(16)14(18-15)7-17-12-3-4-12/h5-6,10-12,17H,3-4,7-9H2,1-2H3. The van der Waals surface area contributed by atoms with Gasteiger partial charge in [-0.1, -0.05) is 25.4 Å². The Kier molecular flexibility index (Phi) is 3.68. The molecule has 4 heteroatoms. The highest BCUT2D eigenvalue weighted by Crippen LogP contribution is 2.28. The van der Waals surface area contributed by atoms with Gasteiger partial charge < -0.3 is 10.2 Å². The summed E-state index contributed by atoms with van der Waals surface area (Å²) < 4.78 is 0. The molecule has 2 heterocycles. The minimum absolute atomic E-state index is 0.688. The van der Waals surface area contributed by atoms with Crippen LogP contribution in [0.1, 0.15) is 32.4 Å². The van der Waals surface area contributed by atoms with Crippen molar-refractivity contribution in [3.05, 3.63) is 22.8 Å². The molecule has 2 unspecified atom stereocenters. The Hall–Kier alpha value is -0.800. The molecule has 0 bridgehead atoms. The minimum atomic E-state index is 0.688. The van der Waals surface area contributed by atoms with Crippen molar-refractivity contribution in [1.29, 1.82) is 0 Å². The third kappa shape index (κ3) is 3.03. The van der Waals surface area contributed by atoms with E-state index in [0.717, 1.165) is 48.0 Å². The quantitative estimate of drug-likeness (QED) is 0.918. The number of anilines is 1. The minimum Gasteiger partial charge on any atom is -0.356 e. The van der Waals surface area contributed by atoms with Crippen LogP contribution in [0.2, 0.25) is 5.02 Å². The van der Waals surface area contributed by atoms with E-state index < -0.39 is 0 Å². The van der Waals surface area contributed by atoms with E-state index >= 15 is 0 Å². The van der Waals surface area contributed by atoms with Gasteiger partial charge in [0.05, 0.1) is 10.7 Å². The van der Waals surface area contributed by atoms with Gasteiger partial charge >= 0.3 is 0 Å². The number of pyridine rings is 1. The summed E-state index contributed by atoms with van der Waals surface area (Å²) in [4.78, 5) is 7.14. The predicted octanol–water partition coefficient (Wildman–Crippen LogP) is 3.08. The molecule has 1 aromatic heterocycles. The summed E-state index contributed by atoms with van der Waals surface area (Å²) in [5, 5.41) is 4.26. The van der Waals surface area contributed by atoms with Gasteiger partial charge in [0.15, 0.2) is 0 Å². The van der Waals surface area contributed by atoms with Crippen molar-refractivity contribution in [3.63, 3.8) is 0 Å². The molecule has 1 aromatic rings. The van der Waals surface area contributed by atoms with E-state index in [1.165, 1.54) is 12.8 Å². The van der Waals surface area contributed by atoms with E-state index in [0.29, 0.717) is 6.04 Å². The van der Waals surface area contributed by atoms with Gasteiger partial charge in [0, 0.05) is 25.7 Å².